The van der Waals surface area contributed by atoms with Crippen LogP contribution < -0.4 is 4.74 Å². The van der Waals surface area contributed by atoms with Gasteiger partial charge in [-0.2, -0.15) is 0 Å². The summed E-state index contributed by atoms with van der Waals surface area (Å²) in [5, 5.41) is 0. The summed E-state index contributed by atoms with van der Waals surface area (Å²) < 4.78 is 17.9. The smallest absolute Gasteiger partial charge is 0.260 e. The van der Waals surface area contributed by atoms with Gasteiger partial charge in [-0.3, -0.25) is 4.79 Å². The van der Waals surface area contributed by atoms with Crippen molar-refractivity contribution in [3.05, 3.63) is 30.1 Å². The summed E-state index contributed by atoms with van der Waals surface area (Å²) in [4.78, 5) is 13.3. The molecule has 0 aliphatic heterocycles. The first kappa shape index (κ1) is 10.9. The summed E-state index contributed by atoms with van der Waals surface area (Å²) >= 11 is 0. The van der Waals surface area contributed by atoms with Gasteiger partial charge in [-0.25, -0.2) is 4.39 Å². The molecule has 0 aromatic heterocycles. The van der Waals surface area contributed by atoms with Crippen molar-refractivity contribution in [3.63, 3.8) is 0 Å². The molecule has 4 heteroatoms. The van der Waals surface area contributed by atoms with Crippen LogP contribution in [0.3, 0.4) is 0 Å². The number of halogens is 1. The normalized spacial score (nSPS) is 14.6. The highest BCUT2D eigenvalue weighted by Crippen LogP contribution is 2.25. The number of carbonyl (C=O) groups excluding carboxylic acids is 1. The Morgan fingerprint density at radius 2 is 2.06 bits per heavy atom. The summed E-state index contributed by atoms with van der Waals surface area (Å²) in [6.07, 6.45) is 2.16. The van der Waals surface area contributed by atoms with E-state index in [1.54, 1.807) is 11.9 Å². The third kappa shape index (κ3) is 2.72. The van der Waals surface area contributed by atoms with Gasteiger partial charge in [-0.15, -0.1) is 0 Å². The molecule has 0 bridgehead atoms. The topological polar surface area (TPSA) is 29.5 Å². The molecule has 1 amide bonds. The molecule has 0 spiro atoms. The maximum absolute atomic E-state index is 12.6. The van der Waals surface area contributed by atoms with E-state index >= 15 is 0 Å². The van der Waals surface area contributed by atoms with Crippen LogP contribution in [0.5, 0.6) is 5.75 Å². The predicted octanol–water partition coefficient (Wildman–Crippen LogP) is 1.83. The van der Waals surface area contributed by atoms with Crippen LogP contribution in [0.25, 0.3) is 0 Å². The second-order valence-corrected chi connectivity index (χ2v) is 3.98. The summed E-state index contributed by atoms with van der Waals surface area (Å²) in [6.45, 7) is 0.0125. The Balaban J connectivity index is 1.82. The van der Waals surface area contributed by atoms with E-state index in [2.05, 4.69) is 0 Å². The van der Waals surface area contributed by atoms with Crippen LogP contribution >= 0.6 is 0 Å². The summed E-state index contributed by atoms with van der Waals surface area (Å²) in [5.74, 6) is 0.166. The lowest BCUT2D eigenvalue weighted by Crippen LogP contribution is -2.33. The van der Waals surface area contributed by atoms with Crippen molar-refractivity contribution in [2.24, 2.45) is 0 Å². The highest BCUT2D eigenvalue weighted by Gasteiger charge is 2.29. The van der Waals surface area contributed by atoms with E-state index in [0.29, 0.717) is 11.8 Å². The maximum atomic E-state index is 12.6. The second-order valence-electron chi connectivity index (χ2n) is 3.98. The van der Waals surface area contributed by atoms with Gasteiger partial charge in [0.25, 0.3) is 5.91 Å². The fraction of sp³-hybridized carbons (Fsp3) is 0.417. The molecule has 0 unspecified atom stereocenters. The van der Waals surface area contributed by atoms with Crippen LogP contribution in [0.1, 0.15) is 12.8 Å². The minimum atomic E-state index is -0.311. The molecule has 0 heterocycles. The average molecular weight is 223 g/mol. The molecule has 0 radical (unpaired) electrons. The Labute approximate surface area is 93.8 Å². The van der Waals surface area contributed by atoms with Crippen molar-refractivity contribution in [1.82, 2.24) is 4.90 Å². The molecule has 1 aromatic carbocycles. The maximum Gasteiger partial charge on any atom is 0.260 e. The molecule has 1 aromatic rings. The van der Waals surface area contributed by atoms with E-state index in [4.69, 9.17) is 4.74 Å². The van der Waals surface area contributed by atoms with Crippen LogP contribution in [-0.4, -0.2) is 30.5 Å². The quantitative estimate of drug-likeness (QED) is 0.779. The molecule has 0 atom stereocenters. The summed E-state index contributed by atoms with van der Waals surface area (Å²) in [6, 6.07) is 6.04. The average Bonchev–Trinajstić information content (AvgIpc) is 3.11. The highest BCUT2D eigenvalue weighted by atomic mass is 19.1. The van der Waals surface area contributed by atoms with Gasteiger partial charge in [0.05, 0.1) is 0 Å². The third-order valence-corrected chi connectivity index (χ3v) is 2.66. The number of hydrogen-bond acceptors (Lipinski definition) is 2. The number of nitrogens with zero attached hydrogens (tertiary/aromatic N) is 1. The summed E-state index contributed by atoms with van der Waals surface area (Å²) in [7, 11) is 1.79. The fourth-order valence-electron chi connectivity index (χ4n) is 1.44. The molecule has 16 heavy (non-hydrogen) atoms. The van der Waals surface area contributed by atoms with Gasteiger partial charge in [0, 0.05) is 13.1 Å². The van der Waals surface area contributed by atoms with Gasteiger partial charge < -0.3 is 9.64 Å². The van der Waals surface area contributed by atoms with Crippen LogP contribution in [0.15, 0.2) is 24.3 Å². The standard InChI is InChI=1S/C12H14FNO2/c1-14(10-4-5-10)12(15)8-16-11-6-2-9(13)3-7-11/h2-3,6-7,10H,4-5,8H2,1H3. The Morgan fingerprint density at radius 1 is 1.44 bits per heavy atom. The zero-order valence-corrected chi connectivity index (χ0v) is 9.15. The van der Waals surface area contributed by atoms with Crippen LogP contribution in [0.4, 0.5) is 4.39 Å². The highest BCUT2D eigenvalue weighted by molar-refractivity contribution is 5.78. The third-order valence-electron chi connectivity index (χ3n) is 2.66. The molecule has 1 saturated carbocycles. The number of amides is 1. The molecular formula is C12H14FNO2. The van der Waals surface area contributed by atoms with Gasteiger partial charge in [-0.1, -0.05) is 0 Å². The summed E-state index contributed by atoms with van der Waals surface area (Å²) in [5.41, 5.74) is 0. The monoisotopic (exact) mass is 223 g/mol. The number of likely N-dealkylation sites (N-methyl/N-ethyl adjacent to an activating group) is 1. The van der Waals surface area contributed by atoms with Crippen molar-refractivity contribution in [2.75, 3.05) is 13.7 Å². The van der Waals surface area contributed by atoms with E-state index in [9.17, 15) is 9.18 Å². The lowest BCUT2D eigenvalue weighted by molar-refractivity contribution is -0.132. The van der Waals surface area contributed by atoms with Gasteiger partial charge >= 0.3 is 0 Å². The zero-order valence-electron chi connectivity index (χ0n) is 9.15. The Morgan fingerprint density at radius 3 is 2.62 bits per heavy atom. The van der Waals surface area contributed by atoms with Crippen molar-refractivity contribution in [3.8, 4) is 5.75 Å². The first-order valence-electron chi connectivity index (χ1n) is 5.31. The Hall–Kier alpha value is -1.58. The largest absolute Gasteiger partial charge is 0.484 e. The van der Waals surface area contributed by atoms with Crippen molar-refractivity contribution in [2.45, 2.75) is 18.9 Å². The van der Waals surface area contributed by atoms with Crippen LogP contribution in [-0.2, 0) is 4.79 Å². The van der Waals surface area contributed by atoms with Crippen molar-refractivity contribution < 1.29 is 13.9 Å². The predicted molar refractivity (Wildman–Crippen MR) is 57.7 cm³/mol. The fourth-order valence-corrected chi connectivity index (χ4v) is 1.44. The van der Waals surface area contributed by atoms with Crippen molar-refractivity contribution in [1.29, 1.82) is 0 Å². The zero-order chi connectivity index (χ0) is 11.5. The van der Waals surface area contributed by atoms with Gasteiger partial charge in [0.15, 0.2) is 6.61 Å². The number of ether oxygens (including phenoxy) is 1. The number of rotatable bonds is 4. The molecular weight excluding hydrogens is 209 g/mol. The van der Waals surface area contributed by atoms with Gasteiger partial charge in [0.1, 0.15) is 11.6 Å². The lowest BCUT2D eigenvalue weighted by Gasteiger charge is -2.16. The molecule has 86 valence electrons. The first-order valence-corrected chi connectivity index (χ1v) is 5.31. The van der Waals surface area contributed by atoms with Crippen LogP contribution in [0.2, 0.25) is 0 Å². The minimum Gasteiger partial charge on any atom is -0.484 e. The van der Waals surface area contributed by atoms with E-state index in [1.807, 2.05) is 0 Å². The molecule has 1 aliphatic rings. The number of hydrogen-bond donors (Lipinski definition) is 0. The van der Waals surface area contributed by atoms with Crippen molar-refractivity contribution >= 4 is 5.91 Å². The van der Waals surface area contributed by atoms with Gasteiger partial charge in [0.2, 0.25) is 0 Å². The number of benzene rings is 1. The van der Waals surface area contributed by atoms with E-state index in [-0.39, 0.29) is 18.3 Å². The molecule has 2 rings (SSSR count). The molecule has 1 aliphatic carbocycles. The minimum absolute atomic E-state index is 0.0125. The van der Waals surface area contributed by atoms with Crippen LogP contribution in [0, 0.1) is 5.82 Å². The Kier molecular flexibility index (Phi) is 3.08. The van der Waals surface area contributed by atoms with E-state index in [1.165, 1.54) is 24.3 Å². The van der Waals surface area contributed by atoms with E-state index in [0.717, 1.165) is 12.8 Å². The Bertz CT molecular complexity index is 373. The molecule has 3 nitrogen and oxygen atoms in total. The lowest BCUT2D eigenvalue weighted by atomic mass is 10.3. The molecule has 1 fully saturated rings. The van der Waals surface area contributed by atoms with E-state index < -0.39 is 0 Å². The van der Waals surface area contributed by atoms with Gasteiger partial charge in [-0.05, 0) is 37.1 Å². The first-order chi connectivity index (χ1) is 7.66. The second kappa shape index (κ2) is 4.51. The molecule has 0 saturated heterocycles. The SMILES string of the molecule is CN(C(=O)COc1ccc(F)cc1)C1CC1. The molecule has 0 N–H and O–H groups in total. The number of carbonyl (C=O) groups is 1.